The monoisotopic (exact) mass is 310 g/mol. The second-order valence-electron chi connectivity index (χ2n) is 5.33. The summed E-state index contributed by atoms with van der Waals surface area (Å²) < 4.78 is 10.9. The molecule has 0 heterocycles. The van der Waals surface area contributed by atoms with E-state index in [1.165, 1.54) is 32.8 Å². The number of hydrogen-bond acceptors (Lipinski definition) is 4. The highest BCUT2D eigenvalue weighted by molar-refractivity contribution is 7.80. The molecule has 0 bridgehead atoms. The standard InChI is InChI=1S/C17H26O3S/c1-4-5-6-7-8-13(2)20-17(21)12-14-9-10-15(18)16(11-14)19-3/h9-11,13,18H,4-8,12H2,1-3H3/t13-/m0/s1. The Balaban J connectivity index is 2.39. The summed E-state index contributed by atoms with van der Waals surface area (Å²) in [4.78, 5) is 0. The van der Waals surface area contributed by atoms with E-state index in [4.69, 9.17) is 21.7 Å². The quantitative estimate of drug-likeness (QED) is 0.532. The summed E-state index contributed by atoms with van der Waals surface area (Å²) in [5.41, 5.74) is 0.979. The van der Waals surface area contributed by atoms with Crippen molar-refractivity contribution in [3.63, 3.8) is 0 Å². The molecule has 0 aromatic heterocycles. The van der Waals surface area contributed by atoms with Gasteiger partial charge in [0.25, 0.3) is 0 Å². The maximum absolute atomic E-state index is 9.57. The molecule has 0 aliphatic carbocycles. The smallest absolute Gasteiger partial charge is 0.164 e. The molecular weight excluding hydrogens is 284 g/mol. The van der Waals surface area contributed by atoms with Crippen LogP contribution < -0.4 is 4.74 Å². The van der Waals surface area contributed by atoms with Crippen LogP contribution in [-0.2, 0) is 11.2 Å². The highest BCUT2D eigenvalue weighted by Crippen LogP contribution is 2.26. The van der Waals surface area contributed by atoms with Crippen LogP contribution in [0.4, 0.5) is 0 Å². The third-order valence-corrected chi connectivity index (χ3v) is 3.63. The van der Waals surface area contributed by atoms with Gasteiger partial charge in [0, 0.05) is 6.42 Å². The molecule has 0 radical (unpaired) electrons. The summed E-state index contributed by atoms with van der Waals surface area (Å²) in [5, 5.41) is 10.2. The minimum absolute atomic E-state index is 0.136. The molecule has 3 nitrogen and oxygen atoms in total. The number of hydrogen-bond donors (Lipinski definition) is 1. The maximum Gasteiger partial charge on any atom is 0.164 e. The summed E-state index contributed by atoms with van der Waals surface area (Å²) in [6.45, 7) is 4.27. The predicted molar refractivity (Wildman–Crippen MR) is 90.3 cm³/mol. The molecule has 0 aliphatic heterocycles. The molecule has 1 aromatic carbocycles. The molecule has 1 atom stereocenters. The van der Waals surface area contributed by atoms with Crippen LogP contribution in [0.15, 0.2) is 18.2 Å². The van der Waals surface area contributed by atoms with Crippen LogP contribution in [-0.4, -0.2) is 23.4 Å². The second kappa shape index (κ2) is 9.61. The first-order valence-electron chi connectivity index (χ1n) is 7.62. The van der Waals surface area contributed by atoms with Crippen LogP contribution in [0.5, 0.6) is 11.5 Å². The molecule has 0 fully saturated rings. The third kappa shape index (κ3) is 6.80. The molecular formula is C17H26O3S. The second-order valence-corrected chi connectivity index (χ2v) is 5.79. The molecule has 1 N–H and O–H groups in total. The first-order chi connectivity index (χ1) is 10.1. The van der Waals surface area contributed by atoms with E-state index >= 15 is 0 Å². The van der Waals surface area contributed by atoms with E-state index < -0.39 is 0 Å². The van der Waals surface area contributed by atoms with Crippen molar-refractivity contribution in [2.24, 2.45) is 0 Å². The van der Waals surface area contributed by atoms with Crippen molar-refractivity contribution in [2.75, 3.05) is 7.11 Å². The van der Waals surface area contributed by atoms with E-state index in [-0.39, 0.29) is 11.9 Å². The van der Waals surface area contributed by atoms with Crippen molar-refractivity contribution in [1.29, 1.82) is 0 Å². The Labute approximate surface area is 133 Å². The molecule has 0 saturated carbocycles. The number of phenols is 1. The fraction of sp³-hybridized carbons (Fsp3) is 0.588. The van der Waals surface area contributed by atoms with Crippen molar-refractivity contribution < 1.29 is 14.6 Å². The van der Waals surface area contributed by atoms with Gasteiger partial charge in [-0.2, -0.15) is 0 Å². The number of unbranched alkanes of at least 4 members (excludes halogenated alkanes) is 3. The Hall–Kier alpha value is -1.29. The summed E-state index contributed by atoms with van der Waals surface area (Å²) in [7, 11) is 1.53. The number of phenolic OH excluding ortho intramolecular Hbond substituents is 1. The lowest BCUT2D eigenvalue weighted by molar-refractivity contribution is 0.195. The maximum atomic E-state index is 9.57. The molecule has 1 rings (SSSR count). The lowest BCUT2D eigenvalue weighted by atomic mass is 10.1. The number of thiocarbonyl (C=S) groups is 1. The summed E-state index contributed by atoms with van der Waals surface area (Å²) in [5.74, 6) is 0.597. The SMILES string of the molecule is CCCCCC[C@H](C)OC(=S)Cc1ccc(O)c(OC)c1. The van der Waals surface area contributed by atoms with Gasteiger partial charge in [0.15, 0.2) is 16.5 Å². The van der Waals surface area contributed by atoms with Gasteiger partial charge in [0.2, 0.25) is 0 Å². The Morgan fingerprint density at radius 2 is 2.05 bits per heavy atom. The highest BCUT2D eigenvalue weighted by atomic mass is 32.1. The van der Waals surface area contributed by atoms with Crippen LogP contribution in [0.3, 0.4) is 0 Å². The van der Waals surface area contributed by atoms with E-state index in [0.717, 1.165) is 12.0 Å². The Morgan fingerprint density at radius 1 is 1.29 bits per heavy atom. The van der Waals surface area contributed by atoms with E-state index in [9.17, 15) is 5.11 Å². The number of rotatable bonds is 9. The summed E-state index contributed by atoms with van der Waals surface area (Å²) in [6.07, 6.45) is 6.73. The molecule has 1 aromatic rings. The summed E-state index contributed by atoms with van der Waals surface area (Å²) >= 11 is 5.30. The number of aromatic hydroxyl groups is 1. The first kappa shape index (κ1) is 17.8. The zero-order valence-electron chi connectivity index (χ0n) is 13.2. The van der Waals surface area contributed by atoms with Crippen molar-refractivity contribution in [2.45, 2.75) is 58.5 Å². The zero-order valence-corrected chi connectivity index (χ0v) is 14.0. The van der Waals surface area contributed by atoms with Gasteiger partial charge in [-0.3, -0.25) is 0 Å². The molecule has 21 heavy (non-hydrogen) atoms. The zero-order chi connectivity index (χ0) is 15.7. The Bertz CT molecular complexity index is 446. The van der Waals surface area contributed by atoms with Gasteiger partial charge < -0.3 is 14.6 Å². The van der Waals surface area contributed by atoms with Crippen molar-refractivity contribution >= 4 is 17.3 Å². The van der Waals surface area contributed by atoms with E-state index in [1.54, 1.807) is 12.1 Å². The van der Waals surface area contributed by atoms with Crippen LogP contribution >= 0.6 is 12.2 Å². The first-order valence-corrected chi connectivity index (χ1v) is 8.03. The van der Waals surface area contributed by atoms with Gasteiger partial charge in [-0.05, 0) is 49.7 Å². The van der Waals surface area contributed by atoms with Gasteiger partial charge >= 0.3 is 0 Å². The molecule has 118 valence electrons. The molecule has 4 heteroatoms. The summed E-state index contributed by atoms with van der Waals surface area (Å²) in [6, 6.07) is 5.24. The van der Waals surface area contributed by atoms with E-state index in [0.29, 0.717) is 17.2 Å². The third-order valence-electron chi connectivity index (χ3n) is 3.39. The number of benzene rings is 1. The molecule has 0 aliphatic rings. The minimum atomic E-state index is 0.136. The van der Waals surface area contributed by atoms with Crippen LogP contribution in [0, 0.1) is 0 Å². The van der Waals surface area contributed by atoms with Gasteiger partial charge in [0.1, 0.15) is 0 Å². The molecule has 0 unspecified atom stereocenters. The highest BCUT2D eigenvalue weighted by Gasteiger charge is 2.09. The molecule has 0 amide bonds. The lowest BCUT2D eigenvalue weighted by Crippen LogP contribution is -2.15. The molecule has 0 spiro atoms. The molecule has 0 saturated heterocycles. The largest absolute Gasteiger partial charge is 0.504 e. The van der Waals surface area contributed by atoms with Crippen molar-refractivity contribution in [3.05, 3.63) is 23.8 Å². The Morgan fingerprint density at radius 3 is 2.71 bits per heavy atom. The van der Waals surface area contributed by atoms with Gasteiger partial charge in [-0.1, -0.05) is 32.3 Å². The number of ether oxygens (including phenoxy) is 2. The Kier molecular flexibility index (Phi) is 8.13. The van der Waals surface area contributed by atoms with Gasteiger partial charge in [-0.15, -0.1) is 0 Å². The lowest BCUT2D eigenvalue weighted by Gasteiger charge is -2.15. The average molecular weight is 310 g/mol. The average Bonchev–Trinajstić information content (AvgIpc) is 2.45. The van der Waals surface area contributed by atoms with E-state index in [2.05, 4.69) is 13.8 Å². The topological polar surface area (TPSA) is 38.7 Å². The van der Waals surface area contributed by atoms with Gasteiger partial charge in [-0.25, -0.2) is 0 Å². The number of methoxy groups -OCH3 is 1. The van der Waals surface area contributed by atoms with E-state index in [1.807, 2.05) is 6.07 Å². The predicted octanol–water partition coefficient (Wildman–Crippen LogP) is 4.65. The van der Waals surface area contributed by atoms with Gasteiger partial charge in [0.05, 0.1) is 13.2 Å². The minimum Gasteiger partial charge on any atom is -0.504 e. The fourth-order valence-electron chi connectivity index (χ4n) is 2.18. The van der Waals surface area contributed by atoms with Crippen molar-refractivity contribution in [3.8, 4) is 11.5 Å². The van der Waals surface area contributed by atoms with Crippen LogP contribution in [0.2, 0.25) is 0 Å². The fourth-order valence-corrected chi connectivity index (χ4v) is 2.51. The normalized spacial score (nSPS) is 12.0. The van der Waals surface area contributed by atoms with Crippen LogP contribution in [0.1, 0.15) is 51.5 Å². The van der Waals surface area contributed by atoms with Crippen LogP contribution in [0.25, 0.3) is 0 Å². The van der Waals surface area contributed by atoms with Crippen molar-refractivity contribution in [1.82, 2.24) is 0 Å².